The molecule has 0 aliphatic rings. The first kappa shape index (κ1) is 13.6. The van der Waals surface area contributed by atoms with Crippen molar-refractivity contribution in [1.29, 1.82) is 0 Å². The molecule has 1 aromatic heterocycles. The third-order valence-corrected chi connectivity index (χ3v) is 3.10. The van der Waals surface area contributed by atoms with Gasteiger partial charge in [-0.1, -0.05) is 31.5 Å². The van der Waals surface area contributed by atoms with Gasteiger partial charge in [-0.05, 0) is 17.9 Å². The molecular weight excluding hydrogens is 242 g/mol. The third-order valence-electron chi connectivity index (χ3n) is 3.10. The second kappa shape index (κ2) is 6.38. The normalized spacial score (nSPS) is 10.8. The smallest absolute Gasteiger partial charge is 0.325 e. The third kappa shape index (κ3) is 3.15. The molecule has 102 valence electrons. The highest BCUT2D eigenvalue weighted by molar-refractivity contribution is 5.84. The molecule has 1 aromatic carbocycles. The molecule has 0 aliphatic heterocycles. The van der Waals surface area contributed by atoms with Crippen LogP contribution in [-0.4, -0.2) is 22.2 Å². The van der Waals surface area contributed by atoms with Gasteiger partial charge in [-0.15, -0.1) is 0 Å². The first-order chi connectivity index (χ1) is 9.26. The largest absolute Gasteiger partial charge is 0.464 e. The number of rotatable bonds is 6. The number of unbranched alkanes of at least 4 members (excludes halogenated alkanes) is 1. The van der Waals surface area contributed by atoms with E-state index in [1.165, 1.54) is 0 Å². The summed E-state index contributed by atoms with van der Waals surface area (Å²) < 4.78 is 6.98. The summed E-state index contributed by atoms with van der Waals surface area (Å²) in [6.45, 7) is 2.68. The summed E-state index contributed by atoms with van der Waals surface area (Å²) in [6, 6.07) is 7.67. The maximum Gasteiger partial charge on any atom is 0.325 e. The van der Waals surface area contributed by atoms with Gasteiger partial charge in [-0.3, -0.25) is 4.79 Å². The van der Waals surface area contributed by atoms with E-state index < -0.39 is 0 Å². The van der Waals surface area contributed by atoms with Crippen molar-refractivity contribution in [1.82, 2.24) is 4.57 Å². The van der Waals surface area contributed by atoms with Crippen LogP contribution in [-0.2, 0) is 22.7 Å². The molecule has 1 heterocycles. The second-order valence-electron chi connectivity index (χ2n) is 4.53. The Hall–Kier alpha value is -1.81. The van der Waals surface area contributed by atoms with Crippen LogP contribution in [0.5, 0.6) is 0 Å². The van der Waals surface area contributed by atoms with Crippen LogP contribution in [0.25, 0.3) is 10.9 Å². The summed E-state index contributed by atoms with van der Waals surface area (Å²) in [5, 5.41) is 10.4. The summed E-state index contributed by atoms with van der Waals surface area (Å²) in [6.07, 6.45) is 3.75. The maximum atomic E-state index is 11.7. The lowest BCUT2D eigenvalue weighted by atomic mass is 10.1. The lowest BCUT2D eigenvalue weighted by Gasteiger charge is -2.08. The maximum absolute atomic E-state index is 11.7. The van der Waals surface area contributed by atoms with Gasteiger partial charge in [-0.25, -0.2) is 0 Å². The predicted octanol–water partition coefficient (Wildman–Crippen LogP) is 2.48. The number of para-hydroxylation sites is 1. The van der Waals surface area contributed by atoms with Crippen LogP contribution in [0.3, 0.4) is 0 Å². The number of hydrogen-bond donors (Lipinski definition) is 1. The van der Waals surface area contributed by atoms with E-state index in [0.717, 1.165) is 29.3 Å². The van der Waals surface area contributed by atoms with E-state index in [4.69, 9.17) is 4.74 Å². The van der Waals surface area contributed by atoms with Crippen molar-refractivity contribution in [3.05, 3.63) is 36.0 Å². The lowest BCUT2D eigenvalue weighted by molar-refractivity contribution is -0.144. The number of benzene rings is 1. The van der Waals surface area contributed by atoms with Gasteiger partial charge in [0.15, 0.2) is 0 Å². The van der Waals surface area contributed by atoms with Gasteiger partial charge in [0.25, 0.3) is 0 Å². The number of aliphatic hydroxyl groups excluding tert-OH is 1. The Morgan fingerprint density at radius 1 is 1.37 bits per heavy atom. The molecule has 2 rings (SSSR count). The average Bonchev–Trinajstić information content (AvgIpc) is 2.82. The number of fused-ring (bicyclic) bond motifs is 1. The summed E-state index contributed by atoms with van der Waals surface area (Å²) >= 11 is 0. The minimum atomic E-state index is -0.237. The number of nitrogens with zero attached hydrogens (tertiary/aromatic N) is 1. The Bertz CT molecular complexity index is 560. The number of aromatic nitrogens is 1. The molecule has 0 atom stereocenters. The number of hydrogen-bond acceptors (Lipinski definition) is 3. The Kier molecular flexibility index (Phi) is 4.58. The minimum Gasteiger partial charge on any atom is -0.464 e. The molecule has 0 saturated heterocycles. The molecule has 2 aromatic rings. The van der Waals surface area contributed by atoms with Gasteiger partial charge in [0, 0.05) is 11.8 Å². The van der Waals surface area contributed by atoms with E-state index in [-0.39, 0.29) is 19.1 Å². The zero-order valence-electron chi connectivity index (χ0n) is 11.1. The van der Waals surface area contributed by atoms with Crippen molar-refractivity contribution < 1.29 is 14.6 Å². The number of aliphatic hydroxyl groups is 1. The molecule has 0 saturated carbocycles. The number of carbonyl (C=O) groups excluding carboxylic acids is 1. The molecule has 0 bridgehead atoms. The van der Waals surface area contributed by atoms with E-state index in [2.05, 4.69) is 6.92 Å². The zero-order chi connectivity index (χ0) is 13.7. The zero-order valence-corrected chi connectivity index (χ0v) is 11.1. The van der Waals surface area contributed by atoms with E-state index in [0.29, 0.717) is 6.61 Å². The van der Waals surface area contributed by atoms with E-state index in [1.807, 2.05) is 35.0 Å². The molecule has 4 nitrogen and oxygen atoms in total. The van der Waals surface area contributed by atoms with Crippen LogP contribution in [0.4, 0.5) is 0 Å². The summed E-state index contributed by atoms with van der Waals surface area (Å²) in [7, 11) is 0. The van der Waals surface area contributed by atoms with Crippen molar-refractivity contribution >= 4 is 16.9 Å². The van der Waals surface area contributed by atoms with Crippen molar-refractivity contribution in [3.8, 4) is 0 Å². The van der Waals surface area contributed by atoms with Crippen molar-refractivity contribution in [2.45, 2.75) is 32.9 Å². The van der Waals surface area contributed by atoms with Gasteiger partial charge >= 0.3 is 5.97 Å². The predicted molar refractivity (Wildman–Crippen MR) is 73.7 cm³/mol. The Labute approximate surface area is 112 Å². The van der Waals surface area contributed by atoms with Gasteiger partial charge in [0.2, 0.25) is 0 Å². The van der Waals surface area contributed by atoms with Gasteiger partial charge in [-0.2, -0.15) is 0 Å². The Balaban J connectivity index is 2.14. The molecular formula is C15H19NO3. The van der Waals surface area contributed by atoms with Crippen molar-refractivity contribution in [2.24, 2.45) is 0 Å². The molecule has 0 fully saturated rings. The van der Waals surface area contributed by atoms with Crippen molar-refractivity contribution in [2.75, 3.05) is 6.61 Å². The fourth-order valence-electron chi connectivity index (χ4n) is 2.12. The fraction of sp³-hybridized carbons (Fsp3) is 0.400. The highest BCUT2D eigenvalue weighted by atomic mass is 16.5. The van der Waals surface area contributed by atoms with E-state index in [9.17, 15) is 9.90 Å². The molecule has 0 radical (unpaired) electrons. The highest BCUT2D eigenvalue weighted by Crippen LogP contribution is 2.20. The molecule has 0 spiro atoms. The summed E-state index contributed by atoms with van der Waals surface area (Å²) in [5.41, 5.74) is 1.72. The standard InChI is InChI=1S/C15H19NO3/c1-2-3-9-19-14(18)10-16-8-7-12-5-4-6-13(11-17)15(12)16/h4-8,17H,2-3,9-11H2,1H3. The number of ether oxygens (including phenoxy) is 1. The molecule has 0 aliphatic carbocycles. The topological polar surface area (TPSA) is 51.5 Å². The first-order valence-corrected chi connectivity index (χ1v) is 6.59. The van der Waals surface area contributed by atoms with Crippen LogP contribution in [0.1, 0.15) is 25.3 Å². The van der Waals surface area contributed by atoms with Crippen LogP contribution in [0.15, 0.2) is 30.5 Å². The van der Waals surface area contributed by atoms with Crippen LogP contribution >= 0.6 is 0 Å². The second-order valence-corrected chi connectivity index (χ2v) is 4.53. The molecule has 4 heteroatoms. The Morgan fingerprint density at radius 3 is 2.95 bits per heavy atom. The molecule has 1 N–H and O–H groups in total. The lowest BCUT2D eigenvalue weighted by Crippen LogP contribution is -2.14. The van der Waals surface area contributed by atoms with Gasteiger partial charge < -0.3 is 14.4 Å². The van der Waals surface area contributed by atoms with Crippen LogP contribution in [0, 0.1) is 0 Å². The van der Waals surface area contributed by atoms with Crippen LogP contribution in [0.2, 0.25) is 0 Å². The molecule has 19 heavy (non-hydrogen) atoms. The molecule has 0 amide bonds. The minimum absolute atomic E-state index is 0.0355. The first-order valence-electron chi connectivity index (χ1n) is 6.59. The van der Waals surface area contributed by atoms with Gasteiger partial charge in [0.05, 0.1) is 18.7 Å². The number of carbonyl (C=O) groups is 1. The van der Waals surface area contributed by atoms with Gasteiger partial charge in [0.1, 0.15) is 6.54 Å². The summed E-state index contributed by atoms with van der Waals surface area (Å²) in [5.74, 6) is -0.237. The van der Waals surface area contributed by atoms with Crippen molar-refractivity contribution in [3.63, 3.8) is 0 Å². The number of esters is 1. The quantitative estimate of drug-likeness (QED) is 0.642. The van der Waals surface area contributed by atoms with E-state index >= 15 is 0 Å². The summed E-state index contributed by atoms with van der Waals surface area (Å²) in [4.78, 5) is 11.7. The molecule has 0 unspecified atom stereocenters. The van der Waals surface area contributed by atoms with E-state index in [1.54, 1.807) is 0 Å². The average molecular weight is 261 g/mol. The SMILES string of the molecule is CCCCOC(=O)Cn1ccc2cccc(CO)c21. The van der Waals surface area contributed by atoms with Crippen LogP contribution < -0.4 is 0 Å². The Morgan fingerprint density at radius 2 is 2.21 bits per heavy atom. The fourth-order valence-corrected chi connectivity index (χ4v) is 2.12. The monoisotopic (exact) mass is 261 g/mol. The highest BCUT2D eigenvalue weighted by Gasteiger charge is 2.09.